The van der Waals surface area contributed by atoms with E-state index in [2.05, 4.69) is 29.5 Å². The maximum absolute atomic E-state index is 6.06. The summed E-state index contributed by atoms with van der Waals surface area (Å²) in [4.78, 5) is 0. The maximum atomic E-state index is 6.06. The first kappa shape index (κ1) is 13.7. The van der Waals surface area contributed by atoms with Crippen molar-refractivity contribution in [3.8, 4) is 0 Å². The second-order valence-electron chi connectivity index (χ2n) is 5.56. The second kappa shape index (κ2) is 5.23. The van der Waals surface area contributed by atoms with Crippen LogP contribution in [0.2, 0.25) is 5.02 Å². The van der Waals surface area contributed by atoms with Gasteiger partial charge in [-0.3, -0.25) is 0 Å². The predicted molar refractivity (Wildman–Crippen MR) is 80.0 cm³/mol. The molecule has 1 aliphatic rings. The molecule has 1 aromatic carbocycles. The van der Waals surface area contributed by atoms with Gasteiger partial charge in [-0.1, -0.05) is 22.8 Å². The van der Waals surface area contributed by atoms with E-state index in [9.17, 15) is 0 Å². The highest BCUT2D eigenvalue weighted by Crippen LogP contribution is 2.35. The predicted octanol–water partition coefficient (Wildman–Crippen LogP) is 4.28. The Morgan fingerprint density at radius 3 is 2.90 bits per heavy atom. The first-order valence-electron chi connectivity index (χ1n) is 7.03. The Labute approximate surface area is 124 Å². The molecule has 0 bridgehead atoms. The van der Waals surface area contributed by atoms with Crippen LogP contribution in [0.4, 0.5) is 0 Å². The number of nitrogens with one attached hydrogen (secondary N) is 1. The zero-order chi connectivity index (χ0) is 14.3. The lowest BCUT2D eigenvalue weighted by Gasteiger charge is -2.20. The minimum atomic E-state index is 0.230. The van der Waals surface area contributed by atoms with E-state index in [0.717, 1.165) is 29.3 Å². The number of benzene rings is 1. The molecule has 3 nitrogen and oxygen atoms in total. The summed E-state index contributed by atoms with van der Waals surface area (Å²) in [6.45, 7) is 6.13. The maximum Gasteiger partial charge on any atom is 0.138 e. The van der Waals surface area contributed by atoms with Crippen LogP contribution in [0.3, 0.4) is 0 Å². The number of hydrogen-bond acceptors (Lipinski definition) is 3. The zero-order valence-electron chi connectivity index (χ0n) is 12.0. The van der Waals surface area contributed by atoms with Gasteiger partial charge in [0.05, 0.1) is 5.69 Å². The van der Waals surface area contributed by atoms with Gasteiger partial charge in [-0.15, -0.1) is 0 Å². The molecule has 2 unspecified atom stereocenters. The van der Waals surface area contributed by atoms with Crippen molar-refractivity contribution in [1.29, 1.82) is 0 Å². The molecule has 1 heterocycles. The van der Waals surface area contributed by atoms with E-state index in [0.29, 0.717) is 6.04 Å². The first-order chi connectivity index (χ1) is 9.56. The fourth-order valence-electron chi connectivity index (χ4n) is 3.25. The second-order valence-corrected chi connectivity index (χ2v) is 6.00. The average molecular weight is 291 g/mol. The van der Waals surface area contributed by atoms with E-state index in [-0.39, 0.29) is 6.04 Å². The van der Waals surface area contributed by atoms with Crippen LogP contribution in [0.5, 0.6) is 0 Å². The largest absolute Gasteiger partial charge is 0.361 e. The summed E-state index contributed by atoms with van der Waals surface area (Å²) in [5.41, 5.74) is 4.87. The van der Waals surface area contributed by atoms with Crippen molar-refractivity contribution < 1.29 is 4.52 Å². The summed E-state index contributed by atoms with van der Waals surface area (Å²) in [5.74, 6) is 0.900. The van der Waals surface area contributed by atoms with Gasteiger partial charge in [-0.05, 0) is 56.9 Å². The Morgan fingerprint density at radius 2 is 2.20 bits per heavy atom. The Hall–Kier alpha value is -1.32. The van der Waals surface area contributed by atoms with Crippen molar-refractivity contribution in [2.75, 3.05) is 0 Å². The van der Waals surface area contributed by atoms with Crippen molar-refractivity contribution in [2.45, 2.75) is 45.7 Å². The Kier molecular flexibility index (Phi) is 3.57. The molecule has 4 heteroatoms. The summed E-state index contributed by atoms with van der Waals surface area (Å²) in [6, 6.07) is 6.81. The van der Waals surface area contributed by atoms with Crippen LogP contribution in [0, 0.1) is 13.8 Å². The van der Waals surface area contributed by atoms with Gasteiger partial charge in [0.1, 0.15) is 5.76 Å². The SMILES string of the molecule is Cc1noc(C)c1C(C)NC1CCc2cc(Cl)ccc21. The van der Waals surface area contributed by atoms with Gasteiger partial charge in [0.25, 0.3) is 0 Å². The topological polar surface area (TPSA) is 38.1 Å². The quantitative estimate of drug-likeness (QED) is 0.917. The molecular formula is C16H19ClN2O. The van der Waals surface area contributed by atoms with Crippen molar-refractivity contribution in [3.05, 3.63) is 51.4 Å². The number of aryl methyl sites for hydroxylation is 3. The normalized spacial score (nSPS) is 19.1. The molecule has 0 saturated heterocycles. The fourth-order valence-corrected chi connectivity index (χ4v) is 3.45. The van der Waals surface area contributed by atoms with E-state index in [1.165, 1.54) is 16.7 Å². The van der Waals surface area contributed by atoms with Crippen molar-refractivity contribution >= 4 is 11.6 Å². The highest BCUT2D eigenvalue weighted by Gasteiger charge is 2.26. The lowest BCUT2D eigenvalue weighted by molar-refractivity contribution is 0.388. The van der Waals surface area contributed by atoms with Gasteiger partial charge < -0.3 is 9.84 Å². The number of hydrogen-bond donors (Lipinski definition) is 1. The van der Waals surface area contributed by atoms with Crippen molar-refractivity contribution in [2.24, 2.45) is 0 Å². The van der Waals surface area contributed by atoms with Crippen LogP contribution in [0.15, 0.2) is 22.7 Å². The van der Waals surface area contributed by atoms with Crippen molar-refractivity contribution in [3.63, 3.8) is 0 Å². The molecule has 2 aromatic rings. The lowest BCUT2D eigenvalue weighted by atomic mass is 10.0. The number of aromatic nitrogens is 1. The van der Waals surface area contributed by atoms with E-state index in [4.69, 9.17) is 16.1 Å². The Bertz CT molecular complexity index is 616. The summed E-state index contributed by atoms with van der Waals surface area (Å²) < 4.78 is 5.26. The molecule has 0 fully saturated rings. The highest BCUT2D eigenvalue weighted by atomic mass is 35.5. The summed E-state index contributed by atoms with van der Waals surface area (Å²) in [5, 5.41) is 8.55. The summed E-state index contributed by atoms with van der Waals surface area (Å²) in [6.07, 6.45) is 2.20. The Balaban J connectivity index is 1.81. The smallest absolute Gasteiger partial charge is 0.138 e. The molecule has 1 N–H and O–H groups in total. The third-order valence-electron chi connectivity index (χ3n) is 4.16. The number of fused-ring (bicyclic) bond motifs is 1. The lowest BCUT2D eigenvalue weighted by Crippen LogP contribution is -2.23. The minimum absolute atomic E-state index is 0.230. The Morgan fingerprint density at radius 1 is 1.40 bits per heavy atom. The molecular weight excluding hydrogens is 272 g/mol. The van der Waals surface area contributed by atoms with E-state index in [1.54, 1.807) is 0 Å². The molecule has 106 valence electrons. The van der Waals surface area contributed by atoms with E-state index < -0.39 is 0 Å². The summed E-state index contributed by atoms with van der Waals surface area (Å²) >= 11 is 6.06. The van der Waals surface area contributed by atoms with E-state index >= 15 is 0 Å². The van der Waals surface area contributed by atoms with Crippen LogP contribution >= 0.6 is 11.6 Å². The first-order valence-corrected chi connectivity index (χ1v) is 7.41. The van der Waals surface area contributed by atoms with Crippen molar-refractivity contribution in [1.82, 2.24) is 10.5 Å². The van der Waals surface area contributed by atoms with Crippen LogP contribution in [-0.2, 0) is 6.42 Å². The average Bonchev–Trinajstić information content (AvgIpc) is 2.93. The number of nitrogens with zero attached hydrogens (tertiary/aromatic N) is 1. The fraction of sp³-hybridized carbons (Fsp3) is 0.438. The van der Waals surface area contributed by atoms with Gasteiger partial charge in [0, 0.05) is 22.7 Å². The third kappa shape index (κ3) is 2.36. The van der Waals surface area contributed by atoms with Crippen LogP contribution < -0.4 is 5.32 Å². The zero-order valence-corrected chi connectivity index (χ0v) is 12.8. The molecule has 1 aliphatic carbocycles. The highest BCUT2D eigenvalue weighted by molar-refractivity contribution is 6.30. The molecule has 1 aromatic heterocycles. The molecule has 2 atom stereocenters. The number of halogens is 1. The summed E-state index contributed by atoms with van der Waals surface area (Å²) in [7, 11) is 0. The molecule has 0 spiro atoms. The molecule has 0 amide bonds. The minimum Gasteiger partial charge on any atom is -0.361 e. The van der Waals surface area contributed by atoms with Gasteiger partial charge in [0.15, 0.2) is 0 Å². The van der Waals surface area contributed by atoms with Crippen LogP contribution in [0.25, 0.3) is 0 Å². The molecule has 20 heavy (non-hydrogen) atoms. The van der Waals surface area contributed by atoms with E-state index in [1.807, 2.05) is 19.9 Å². The van der Waals surface area contributed by atoms with Gasteiger partial charge in [-0.25, -0.2) is 0 Å². The van der Waals surface area contributed by atoms with Crippen LogP contribution in [0.1, 0.15) is 53.6 Å². The van der Waals surface area contributed by atoms with Gasteiger partial charge in [0.2, 0.25) is 0 Å². The van der Waals surface area contributed by atoms with Gasteiger partial charge >= 0.3 is 0 Å². The molecule has 0 saturated carbocycles. The number of rotatable bonds is 3. The molecule has 0 radical (unpaired) electrons. The van der Waals surface area contributed by atoms with Gasteiger partial charge in [-0.2, -0.15) is 0 Å². The third-order valence-corrected chi connectivity index (χ3v) is 4.39. The standard InChI is InChI=1S/C16H19ClN2O/c1-9(16-10(2)19-20-11(16)3)18-15-7-4-12-8-13(17)5-6-14(12)15/h5-6,8-9,15,18H,4,7H2,1-3H3. The monoisotopic (exact) mass is 290 g/mol. The van der Waals surface area contributed by atoms with Crippen LogP contribution in [-0.4, -0.2) is 5.16 Å². The molecule has 3 rings (SSSR count). The molecule has 0 aliphatic heterocycles.